The van der Waals surface area contributed by atoms with Crippen molar-refractivity contribution in [3.8, 4) is 0 Å². The predicted molar refractivity (Wildman–Crippen MR) is 106 cm³/mol. The Morgan fingerprint density at radius 1 is 0.750 bits per heavy atom. The fourth-order valence-electron chi connectivity index (χ4n) is 2.52. The zero-order chi connectivity index (χ0) is 20.6. The van der Waals surface area contributed by atoms with Crippen molar-refractivity contribution >= 4 is 20.2 Å². The van der Waals surface area contributed by atoms with Crippen LogP contribution in [-0.4, -0.2) is 48.7 Å². The van der Waals surface area contributed by atoms with Crippen molar-refractivity contribution in [1.82, 2.24) is 0 Å². The van der Waals surface area contributed by atoms with Crippen molar-refractivity contribution in [2.45, 2.75) is 18.6 Å². The smallest absolute Gasteiger partial charge is 0.264 e. The molecule has 0 aliphatic carbocycles. The first-order valence-electron chi connectivity index (χ1n) is 8.58. The van der Waals surface area contributed by atoms with Gasteiger partial charge in [-0.25, -0.2) is 0 Å². The molecule has 154 valence electrons. The van der Waals surface area contributed by atoms with Gasteiger partial charge >= 0.3 is 0 Å². The minimum absolute atomic E-state index is 0.138. The molecule has 9 heteroatoms. The van der Waals surface area contributed by atoms with Crippen molar-refractivity contribution in [2.75, 3.05) is 25.7 Å². The normalized spacial score (nSPS) is 13.5. The molecule has 0 fully saturated rings. The highest BCUT2D eigenvalue weighted by Gasteiger charge is 2.22. The summed E-state index contributed by atoms with van der Waals surface area (Å²) in [6.45, 7) is -0.394. The molecule has 0 spiro atoms. The van der Waals surface area contributed by atoms with Gasteiger partial charge in [-0.15, -0.1) is 0 Å². The van der Waals surface area contributed by atoms with Crippen LogP contribution in [0.25, 0.3) is 0 Å². The molecule has 0 radical (unpaired) electrons. The van der Waals surface area contributed by atoms with Crippen LogP contribution in [-0.2, 0) is 33.3 Å². The molecule has 0 aliphatic heterocycles. The Hall–Kier alpha value is -1.78. The molecule has 1 atom stereocenters. The number of hydrogen-bond donors (Lipinski definition) is 0. The molecular formula is C19H24O7S2. The molecule has 0 saturated carbocycles. The van der Waals surface area contributed by atoms with E-state index in [0.29, 0.717) is 0 Å². The molecule has 0 heterocycles. The second-order valence-electron chi connectivity index (χ2n) is 6.26. The Bertz CT molecular complexity index is 887. The van der Waals surface area contributed by atoms with Crippen molar-refractivity contribution in [3.63, 3.8) is 0 Å². The average molecular weight is 429 g/mol. The minimum Gasteiger partial charge on any atom is -0.363 e. The van der Waals surface area contributed by atoms with Crippen LogP contribution in [0.15, 0.2) is 60.7 Å². The zero-order valence-electron chi connectivity index (χ0n) is 15.7. The average Bonchev–Trinajstić information content (AvgIpc) is 2.63. The third-order valence-electron chi connectivity index (χ3n) is 3.74. The molecule has 0 aromatic heterocycles. The molecule has 0 unspecified atom stereocenters. The van der Waals surface area contributed by atoms with Gasteiger partial charge in [-0.2, -0.15) is 16.8 Å². The lowest BCUT2D eigenvalue weighted by molar-refractivity contribution is -0.0253. The number of benzene rings is 2. The van der Waals surface area contributed by atoms with E-state index in [2.05, 4.69) is 0 Å². The van der Waals surface area contributed by atoms with Crippen LogP contribution < -0.4 is 0 Å². The van der Waals surface area contributed by atoms with E-state index in [-0.39, 0.29) is 19.6 Å². The third kappa shape index (κ3) is 8.49. The van der Waals surface area contributed by atoms with Crippen LogP contribution in [0, 0.1) is 0 Å². The number of hydrogen-bond acceptors (Lipinski definition) is 7. The van der Waals surface area contributed by atoms with E-state index >= 15 is 0 Å². The van der Waals surface area contributed by atoms with E-state index in [1.54, 1.807) is 0 Å². The van der Waals surface area contributed by atoms with Gasteiger partial charge in [0.2, 0.25) is 0 Å². The second kappa shape index (κ2) is 10.1. The van der Waals surface area contributed by atoms with Gasteiger partial charge in [0.1, 0.15) is 6.10 Å². The highest BCUT2D eigenvalue weighted by molar-refractivity contribution is 7.86. The summed E-state index contributed by atoms with van der Waals surface area (Å²) in [6.07, 6.45) is 0.851. The summed E-state index contributed by atoms with van der Waals surface area (Å²) in [6, 6.07) is 18.9. The summed E-state index contributed by atoms with van der Waals surface area (Å²) in [5.41, 5.74) is 1.75. The first-order chi connectivity index (χ1) is 13.1. The Kier molecular flexibility index (Phi) is 8.14. The molecule has 0 bridgehead atoms. The summed E-state index contributed by atoms with van der Waals surface area (Å²) in [5, 5.41) is 0. The van der Waals surface area contributed by atoms with Gasteiger partial charge in [0.25, 0.3) is 20.2 Å². The fourth-order valence-corrected chi connectivity index (χ4v) is 3.32. The molecule has 2 aromatic rings. The van der Waals surface area contributed by atoms with Gasteiger partial charge in [0.05, 0.1) is 31.8 Å². The maximum absolute atomic E-state index is 11.4. The topological polar surface area (TPSA) is 96.0 Å². The largest absolute Gasteiger partial charge is 0.363 e. The first-order valence-corrected chi connectivity index (χ1v) is 12.2. The van der Waals surface area contributed by atoms with Gasteiger partial charge in [-0.1, -0.05) is 60.7 Å². The lowest BCUT2D eigenvalue weighted by atomic mass is 10.0. The van der Waals surface area contributed by atoms with Crippen LogP contribution in [0.5, 0.6) is 0 Å². The van der Waals surface area contributed by atoms with Gasteiger partial charge in [0, 0.05) is 6.42 Å². The summed E-state index contributed by atoms with van der Waals surface area (Å²) in [5.74, 6) is 0. The van der Waals surface area contributed by atoms with Crippen LogP contribution in [0.3, 0.4) is 0 Å². The van der Waals surface area contributed by atoms with Crippen molar-refractivity contribution in [3.05, 3.63) is 71.8 Å². The van der Waals surface area contributed by atoms with Crippen LogP contribution in [0.4, 0.5) is 0 Å². The standard InChI is InChI=1S/C19H24O7S2/c1-27(20,21)24-14-13-18(15-25-28(2,22)23)26-19(16-9-5-3-6-10-16)17-11-7-4-8-12-17/h3-12,18-19H,13-15H2,1-2H3/t18-/m0/s1. The zero-order valence-corrected chi connectivity index (χ0v) is 17.4. The molecule has 0 saturated heterocycles. The summed E-state index contributed by atoms with van der Waals surface area (Å²) in [4.78, 5) is 0. The maximum atomic E-state index is 11.4. The first kappa shape index (κ1) is 22.5. The summed E-state index contributed by atoms with van der Waals surface area (Å²) < 4.78 is 61.0. The van der Waals surface area contributed by atoms with E-state index in [1.807, 2.05) is 60.7 Å². The summed E-state index contributed by atoms with van der Waals surface area (Å²) in [7, 11) is -7.29. The predicted octanol–water partition coefficient (Wildman–Crippen LogP) is 2.50. The quantitative estimate of drug-likeness (QED) is 0.507. The van der Waals surface area contributed by atoms with Crippen LogP contribution in [0.2, 0.25) is 0 Å². The molecule has 0 amide bonds. The maximum Gasteiger partial charge on any atom is 0.264 e. The Morgan fingerprint density at radius 2 is 1.21 bits per heavy atom. The monoisotopic (exact) mass is 428 g/mol. The number of rotatable bonds is 11. The second-order valence-corrected chi connectivity index (χ2v) is 9.55. The van der Waals surface area contributed by atoms with E-state index in [9.17, 15) is 16.8 Å². The Labute approximate surface area is 166 Å². The molecule has 2 rings (SSSR count). The Morgan fingerprint density at radius 3 is 1.64 bits per heavy atom. The Balaban J connectivity index is 2.22. The summed E-state index contributed by atoms with van der Waals surface area (Å²) >= 11 is 0. The lowest BCUT2D eigenvalue weighted by Gasteiger charge is -2.25. The number of ether oxygens (including phenoxy) is 1. The highest BCUT2D eigenvalue weighted by Crippen LogP contribution is 2.28. The van der Waals surface area contributed by atoms with Crippen molar-refractivity contribution in [2.24, 2.45) is 0 Å². The van der Waals surface area contributed by atoms with E-state index < -0.39 is 32.4 Å². The van der Waals surface area contributed by atoms with Crippen LogP contribution >= 0.6 is 0 Å². The molecular weight excluding hydrogens is 404 g/mol. The molecule has 2 aromatic carbocycles. The van der Waals surface area contributed by atoms with Crippen molar-refractivity contribution < 1.29 is 29.9 Å². The van der Waals surface area contributed by atoms with Gasteiger partial charge in [-0.05, 0) is 11.1 Å². The lowest BCUT2D eigenvalue weighted by Crippen LogP contribution is -2.26. The molecule has 28 heavy (non-hydrogen) atoms. The molecule has 0 N–H and O–H groups in total. The van der Waals surface area contributed by atoms with E-state index in [4.69, 9.17) is 13.1 Å². The SMILES string of the molecule is CS(=O)(=O)OCC[C@@H](COS(C)(=O)=O)OC(c1ccccc1)c1ccccc1. The van der Waals surface area contributed by atoms with E-state index in [0.717, 1.165) is 23.6 Å². The minimum atomic E-state index is -3.68. The third-order valence-corrected chi connectivity index (χ3v) is 4.90. The van der Waals surface area contributed by atoms with Gasteiger partial charge in [0.15, 0.2) is 0 Å². The van der Waals surface area contributed by atoms with Crippen molar-refractivity contribution in [1.29, 1.82) is 0 Å². The highest BCUT2D eigenvalue weighted by atomic mass is 32.2. The molecule has 7 nitrogen and oxygen atoms in total. The van der Waals surface area contributed by atoms with Gasteiger partial charge in [-0.3, -0.25) is 8.37 Å². The van der Waals surface area contributed by atoms with E-state index in [1.165, 1.54) is 0 Å². The van der Waals surface area contributed by atoms with Crippen LogP contribution in [0.1, 0.15) is 23.7 Å². The fraction of sp³-hybridized carbons (Fsp3) is 0.368. The molecule has 0 aliphatic rings. The van der Waals surface area contributed by atoms with Gasteiger partial charge < -0.3 is 4.74 Å².